The van der Waals surface area contributed by atoms with Crippen molar-refractivity contribution in [1.29, 1.82) is 0 Å². The molecule has 0 bridgehead atoms. The van der Waals surface area contributed by atoms with Gasteiger partial charge in [-0.05, 0) is 22.0 Å². The van der Waals surface area contributed by atoms with Crippen molar-refractivity contribution in [1.82, 2.24) is 4.72 Å². The van der Waals surface area contributed by atoms with E-state index in [0.29, 0.717) is 10.2 Å². The summed E-state index contributed by atoms with van der Waals surface area (Å²) < 4.78 is 37.2. The zero-order chi connectivity index (χ0) is 13.8. The smallest absolute Gasteiger partial charge is 0.244 e. The summed E-state index contributed by atoms with van der Waals surface area (Å²) in [6.45, 7) is 0.374. The zero-order valence-corrected chi connectivity index (χ0v) is 12.5. The van der Waals surface area contributed by atoms with Gasteiger partial charge < -0.3 is 15.2 Å². The van der Waals surface area contributed by atoms with E-state index in [1.54, 1.807) is 0 Å². The highest BCUT2D eigenvalue weighted by Gasteiger charge is 2.21. The van der Waals surface area contributed by atoms with Crippen LogP contribution in [0.4, 0.5) is 0 Å². The number of rotatable bonds is 6. The molecule has 0 fully saturated rings. The highest BCUT2D eigenvalue weighted by Crippen LogP contribution is 2.35. The molecular weight excluding hydrogens is 324 g/mol. The normalized spacial score (nSPS) is 11.3. The molecule has 0 amide bonds. The molecule has 0 aromatic heterocycles. The fraction of sp³-hybridized carbons (Fsp3) is 0.400. The van der Waals surface area contributed by atoms with Gasteiger partial charge in [0.15, 0.2) is 0 Å². The van der Waals surface area contributed by atoms with Crippen LogP contribution in [0.25, 0.3) is 0 Å². The molecule has 0 saturated heterocycles. The van der Waals surface area contributed by atoms with Crippen molar-refractivity contribution >= 4 is 26.0 Å². The largest absolute Gasteiger partial charge is 0.496 e. The Hall–Kier alpha value is -0.830. The lowest BCUT2D eigenvalue weighted by atomic mass is 10.3. The van der Waals surface area contributed by atoms with Crippen LogP contribution in [0.2, 0.25) is 0 Å². The molecule has 0 aliphatic heterocycles. The second-order valence-corrected chi connectivity index (χ2v) is 5.91. The Morgan fingerprint density at radius 2 is 1.89 bits per heavy atom. The van der Waals surface area contributed by atoms with Crippen LogP contribution in [-0.2, 0) is 10.0 Å². The Kier molecular flexibility index (Phi) is 5.39. The number of halogens is 1. The summed E-state index contributed by atoms with van der Waals surface area (Å²) in [5, 5.41) is 0. The fourth-order valence-corrected chi connectivity index (χ4v) is 3.01. The topological polar surface area (TPSA) is 90.7 Å². The van der Waals surface area contributed by atoms with Crippen LogP contribution < -0.4 is 19.9 Å². The molecule has 1 aromatic carbocycles. The van der Waals surface area contributed by atoms with Gasteiger partial charge in [-0.3, -0.25) is 0 Å². The van der Waals surface area contributed by atoms with Gasteiger partial charge >= 0.3 is 0 Å². The van der Waals surface area contributed by atoms with Crippen LogP contribution in [-0.4, -0.2) is 35.7 Å². The average molecular weight is 339 g/mol. The first-order valence-electron chi connectivity index (χ1n) is 5.07. The molecule has 6 nitrogen and oxygen atoms in total. The third-order valence-electron chi connectivity index (χ3n) is 2.16. The standard InChI is InChI=1S/C10H15BrN2O4S/c1-16-8-6-10(9(17-2)5-7(8)11)18(14,15)13-4-3-12/h5-6,13H,3-4,12H2,1-2H3. The first kappa shape index (κ1) is 15.2. The Morgan fingerprint density at radius 1 is 1.28 bits per heavy atom. The van der Waals surface area contributed by atoms with Crippen molar-refractivity contribution in [3.05, 3.63) is 16.6 Å². The van der Waals surface area contributed by atoms with Crippen LogP contribution >= 0.6 is 15.9 Å². The number of hydrogen-bond acceptors (Lipinski definition) is 5. The minimum absolute atomic E-state index is 0.0125. The monoisotopic (exact) mass is 338 g/mol. The van der Waals surface area contributed by atoms with Gasteiger partial charge in [-0.25, -0.2) is 13.1 Å². The molecule has 0 radical (unpaired) electrons. The van der Waals surface area contributed by atoms with Gasteiger partial charge in [0, 0.05) is 19.2 Å². The Bertz CT molecular complexity index is 519. The van der Waals surface area contributed by atoms with Crippen LogP contribution in [0.15, 0.2) is 21.5 Å². The molecule has 0 aliphatic carbocycles. The Balaban J connectivity index is 3.29. The van der Waals surface area contributed by atoms with Gasteiger partial charge in [-0.2, -0.15) is 0 Å². The molecule has 1 rings (SSSR count). The van der Waals surface area contributed by atoms with Gasteiger partial charge in [0.25, 0.3) is 0 Å². The van der Waals surface area contributed by atoms with Crippen LogP contribution in [0.5, 0.6) is 11.5 Å². The van der Waals surface area contributed by atoms with Crippen molar-refractivity contribution in [2.75, 3.05) is 27.3 Å². The lowest BCUT2D eigenvalue weighted by Crippen LogP contribution is -2.29. The van der Waals surface area contributed by atoms with E-state index in [2.05, 4.69) is 20.7 Å². The van der Waals surface area contributed by atoms with Crippen molar-refractivity contribution in [2.24, 2.45) is 5.73 Å². The molecule has 0 heterocycles. The Labute approximate surface area is 115 Å². The van der Waals surface area contributed by atoms with E-state index in [1.807, 2.05) is 0 Å². The summed E-state index contributed by atoms with van der Waals surface area (Å²) >= 11 is 3.26. The molecule has 3 N–H and O–H groups in total. The van der Waals surface area contributed by atoms with Crippen molar-refractivity contribution < 1.29 is 17.9 Å². The van der Waals surface area contributed by atoms with Gasteiger partial charge in [0.05, 0.1) is 18.7 Å². The minimum atomic E-state index is -3.67. The Morgan fingerprint density at radius 3 is 2.39 bits per heavy atom. The molecule has 102 valence electrons. The van der Waals surface area contributed by atoms with Crippen molar-refractivity contribution in [3.8, 4) is 11.5 Å². The van der Waals surface area contributed by atoms with Crippen LogP contribution in [0.1, 0.15) is 0 Å². The summed E-state index contributed by atoms with van der Waals surface area (Å²) in [7, 11) is -0.817. The molecular formula is C10H15BrN2O4S. The van der Waals surface area contributed by atoms with Crippen molar-refractivity contribution in [3.63, 3.8) is 0 Å². The average Bonchev–Trinajstić information content (AvgIpc) is 2.35. The number of nitrogens with two attached hydrogens (primary N) is 1. The number of nitrogens with one attached hydrogen (secondary N) is 1. The third kappa shape index (κ3) is 3.35. The number of benzene rings is 1. The van der Waals surface area contributed by atoms with E-state index in [-0.39, 0.29) is 23.7 Å². The van der Waals surface area contributed by atoms with E-state index in [0.717, 1.165) is 0 Å². The maximum Gasteiger partial charge on any atom is 0.244 e. The molecule has 0 aliphatic rings. The van der Waals surface area contributed by atoms with E-state index in [9.17, 15) is 8.42 Å². The summed E-state index contributed by atoms with van der Waals surface area (Å²) in [5.41, 5.74) is 5.27. The summed E-state index contributed by atoms with van der Waals surface area (Å²) in [4.78, 5) is 0.0125. The lowest BCUT2D eigenvalue weighted by molar-refractivity contribution is 0.390. The number of sulfonamides is 1. The maximum absolute atomic E-state index is 12.0. The molecule has 0 atom stereocenters. The van der Waals surface area contributed by atoms with E-state index >= 15 is 0 Å². The molecule has 0 saturated carbocycles. The van der Waals surface area contributed by atoms with E-state index < -0.39 is 10.0 Å². The number of hydrogen-bond donors (Lipinski definition) is 2. The molecule has 0 spiro atoms. The fourth-order valence-electron chi connectivity index (χ4n) is 1.31. The quantitative estimate of drug-likeness (QED) is 0.796. The summed E-state index contributed by atoms with van der Waals surface area (Å²) in [6.07, 6.45) is 0. The predicted octanol–water partition coefficient (Wildman–Crippen LogP) is 0.703. The highest BCUT2D eigenvalue weighted by molar-refractivity contribution is 9.10. The second kappa shape index (κ2) is 6.37. The molecule has 1 aromatic rings. The van der Waals surface area contributed by atoms with E-state index in [4.69, 9.17) is 15.2 Å². The zero-order valence-electron chi connectivity index (χ0n) is 10.1. The number of ether oxygens (including phenoxy) is 2. The molecule has 18 heavy (non-hydrogen) atoms. The lowest BCUT2D eigenvalue weighted by Gasteiger charge is -2.13. The highest BCUT2D eigenvalue weighted by atomic mass is 79.9. The van der Waals surface area contributed by atoms with Crippen LogP contribution in [0, 0.1) is 0 Å². The summed E-state index contributed by atoms with van der Waals surface area (Å²) in [6, 6.07) is 2.93. The van der Waals surface area contributed by atoms with Gasteiger partial charge in [0.1, 0.15) is 16.4 Å². The van der Waals surface area contributed by atoms with Crippen molar-refractivity contribution in [2.45, 2.75) is 4.90 Å². The van der Waals surface area contributed by atoms with Crippen LogP contribution in [0.3, 0.4) is 0 Å². The van der Waals surface area contributed by atoms with E-state index in [1.165, 1.54) is 26.4 Å². The molecule has 0 unspecified atom stereocenters. The number of methoxy groups -OCH3 is 2. The second-order valence-electron chi connectivity index (χ2n) is 3.32. The predicted molar refractivity (Wildman–Crippen MR) is 71.5 cm³/mol. The first-order valence-corrected chi connectivity index (χ1v) is 7.35. The molecule has 8 heteroatoms. The maximum atomic E-state index is 12.0. The first-order chi connectivity index (χ1) is 8.46. The van der Waals surface area contributed by atoms with Gasteiger partial charge in [-0.15, -0.1) is 0 Å². The van der Waals surface area contributed by atoms with Gasteiger partial charge in [-0.1, -0.05) is 0 Å². The minimum Gasteiger partial charge on any atom is -0.496 e. The SMILES string of the molecule is COc1cc(S(=O)(=O)NCCN)c(OC)cc1Br. The third-order valence-corrected chi connectivity index (χ3v) is 4.27. The summed E-state index contributed by atoms with van der Waals surface area (Å²) in [5.74, 6) is 0.635. The van der Waals surface area contributed by atoms with Gasteiger partial charge in [0.2, 0.25) is 10.0 Å².